The molecule has 0 unspecified atom stereocenters. The minimum atomic E-state index is -0.710. The first-order valence-corrected chi connectivity index (χ1v) is 5.76. The van der Waals surface area contributed by atoms with Crippen LogP contribution in [0.5, 0.6) is 0 Å². The summed E-state index contributed by atoms with van der Waals surface area (Å²) < 4.78 is 0. The van der Waals surface area contributed by atoms with Crippen LogP contribution in [0.3, 0.4) is 0 Å². The Balaban J connectivity index is 2.12. The molecule has 1 aliphatic rings. The minimum absolute atomic E-state index is 0.246. The van der Waals surface area contributed by atoms with Crippen molar-refractivity contribution in [3.8, 4) is 0 Å². The summed E-state index contributed by atoms with van der Waals surface area (Å²) in [4.78, 5) is 12.5. The molecule has 1 aliphatic carbocycles. The van der Waals surface area contributed by atoms with Gasteiger partial charge in [0.15, 0.2) is 0 Å². The molecule has 0 saturated carbocycles. The maximum Gasteiger partial charge on any atom is 0.304 e. The summed E-state index contributed by atoms with van der Waals surface area (Å²) >= 11 is 0. The molecule has 0 amide bonds. The van der Waals surface area contributed by atoms with Crippen molar-refractivity contribution >= 4 is 5.97 Å². The van der Waals surface area contributed by atoms with Gasteiger partial charge in [0.25, 0.3) is 0 Å². The fourth-order valence-electron chi connectivity index (χ4n) is 1.86. The van der Waals surface area contributed by atoms with Crippen LogP contribution in [0.2, 0.25) is 0 Å². The van der Waals surface area contributed by atoms with Crippen molar-refractivity contribution < 1.29 is 9.90 Å². The third kappa shape index (κ3) is 5.57. The van der Waals surface area contributed by atoms with E-state index in [1.807, 2.05) is 7.05 Å². The third-order valence-electron chi connectivity index (χ3n) is 2.91. The zero-order valence-electron chi connectivity index (χ0n) is 9.54. The topological polar surface area (TPSA) is 40.5 Å². The Hall–Kier alpha value is -0.830. The number of aliphatic carboxylic acids is 1. The standard InChI is InChI=1S/C12H21NO2/c1-13(10-8-12(14)15)9-7-11-5-3-2-4-6-11/h5H,2-4,6-10H2,1H3,(H,14,15). The normalized spacial score (nSPS) is 16.5. The highest BCUT2D eigenvalue weighted by molar-refractivity contribution is 5.66. The van der Waals surface area contributed by atoms with E-state index in [4.69, 9.17) is 5.11 Å². The van der Waals surface area contributed by atoms with E-state index in [9.17, 15) is 4.79 Å². The molecule has 3 nitrogen and oxygen atoms in total. The van der Waals surface area contributed by atoms with Crippen molar-refractivity contribution in [2.75, 3.05) is 20.1 Å². The summed E-state index contributed by atoms with van der Waals surface area (Å²) in [6.45, 7) is 1.64. The molecule has 86 valence electrons. The highest BCUT2D eigenvalue weighted by Gasteiger charge is 2.06. The molecule has 0 aromatic heterocycles. The lowest BCUT2D eigenvalue weighted by atomic mass is 9.97. The summed E-state index contributed by atoms with van der Waals surface area (Å²) in [6, 6.07) is 0. The van der Waals surface area contributed by atoms with Gasteiger partial charge in [-0.15, -0.1) is 0 Å². The summed E-state index contributed by atoms with van der Waals surface area (Å²) in [6.07, 6.45) is 8.84. The quantitative estimate of drug-likeness (QED) is 0.685. The number of hydrogen-bond donors (Lipinski definition) is 1. The van der Waals surface area contributed by atoms with Crippen LogP contribution >= 0.6 is 0 Å². The van der Waals surface area contributed by atoms with Crippen molar-refractivity contribution in [2.45, 2.75) is 38.5 Å². The molecule has 0 heterocycles. The Labute approximate surface area is 91.8 Å². The third-order valence-corrected chi connectivity index (χ3v) is 2.91. The molecule has 0 saturated heterocycles. The zero-order chi connectivity index (χ0) is 11.1. The summed E-state index contributed by atoms with van der Waals surface area (Å²) in [5, 5.41) is 8.54. The average Bonchev–Trinajstić information content (AvgIpc) is 2.25. The average molecular weight is 211 g/mol. The Morgan fingerprint density at radius 2 is 2.27 bits per heavy atom. The maximum atomic E-state index is 10.4. The Morgan fingerprint density at radius 1 is 1.47 bits per heavy atom. The first kappa shape index (κ1) is 12.2. The van der Waals surface area contributed by atoms with Crippen molar-refractivity contribution in [3.63, 3.8) is 0 Å². The molecular weight excluding hydrogens is 190 g/mol. The summed E-state index contributed by atoms with van der Waals surface area (Å²) in [5.41, 5.74) is 1.56. The Bertz CT molecular complexity index is 236. The lowest BCUT2D eigenvalue weighted by Crippen LogP contribution is -2.23. The first-order valence-electron chi connectivity index (χ1n) is 5.76. The second-order valence-corrected chi connectivity index (χ2v) is 4.31. The molecule has 3 heteroatoms. The van der Waals surface area contributed by atoms with Crippen LogP contribution in [0.1, 0.15) is 38.5 Å². The summed E-state index contributed by atoms with van der Waals surface area (Å²) in [7, 11) is 1.99. The number of hydrogen-bond acceptors (Lipinski definition) is 2. The summed E-state index contributed by atoms with van der Waals surface area (Å²) in [5.74, 6) is -0.710. The van der Waals surface area contributed by atoms with Gasteiger partial charge >= 0.3 is 5.97 Å². The van der Waals surface area contributed by atoms with Gasteiger partial charge in [0, 0.05) is 13.1 Å². The van der Waals surface area contributed by atoms with E-state index in [1.54, 1.807) is 5.57 Å². The Morgan fingerprint density at radius 3 is 2.87 bits per heavy atom. The number of nitrogens with zero attached hydrogens (tertiary/aromatic N) is 1. The van der Waals surface area contributed by atoms with Gasteiger partial charge in [0.05, 0.1) is 6.42 Å². The van der Waals surface area contributed by atoms with Crippen LogP contribution in [0.4, 0.5) is 0 Å². The van der Waals surface area contributed by atoms with Crippen molar-refractivity contribution in [1.82, 2.24) is 4.90 Å². The van der Waals surface area contributed by atoms with Gasteiger partial charge in [0.1, 0.15) is 0 Å². The van der Waals surface area contributed by atoms with Crippen molar-refractivity contribution in [3.05, 3.63) is 11.6 Å². The van der Waals surface area contributed by atoms with Gasteiger partial charge in [-0.2, -0.15) is 0 Å². The largest absolute Gasteiger partial charge is 0.481 e. The van der Waals surface area contributed by atoms with Gasteiger partial charge in [-0.25, -0.2) is 0 Å². The zero-order valence-corrected chi connectivity index (χ0v) is 9.54. The van der Waals surface area contributed by atoms with E-state index < -0.39 is 5.97 Å². The first-order chi connectivity index (χ1) is 7.18. The molecule has 0 fully saturated rings. The van der Waals surface area contributed by atoms with E-state index in [1.165, 1.54) is 25.7 Å². The number of carboxylic acids is 1. The number of carbonyl (C=O) groups is 1. The molecule has 1 rings (SSSR count). The van der Waals surface area contributed by atoms with Gasteiger partial charge in [0.2, 0.25) is 0 Å². The van der Waals surface area contributed by atoms with E-state index in [0.717, 1.165) is 13.0 Å². The highest BCUT2D eigenvalue weighted by Crippen LogP contribution is 2.19. The molecule has 0 aliphatic heterocycles. The Kier molecular flexibility index (Phi) is 5.40. The molecule has 0 aromatic carbocycles. The van der Waals surface area contributed by atoms with E-state index in [2.05, 4.69) is 11.0 Å². The predicted molar refractivity (Wildman–Crippen MR) is 60.9 cm³/mol. The van der Waals surface area contributed by atoms with Crippen LogP contribution in [0, 0.1) is 0 Å². The van der Waals surface area contributed by atoms with Crippen molar-refractivity contribution in [2.24, 2.45) is 0 Å². The highest BCUT2D eigenvalue weighted by atomic mass is 16.4. The van der Waals surface area contributed by atoms with Crippen LogP contribution in [0.25, 0.3) is 0 Å². The predicted octanol–water partition coefficient (Wildman–Crippen LogP) is 2.28. The molecule has 0 radical (unpaired) electrons. The number of allylic oxidation sites excluding steroid dienone is 1. The van der Waals surface area contributed by atoms with E-state index in [-0.39, 0.29) is 6.42 Å². The lowest BCUT2D eigenvalue weighted by Gasteiger charge is -2.18. The van der Waals surface area contributed by atoms with Crippen LogP contribution in [0.15, 0.2) is 11.6 Å². The number of rotatable bonds is 6. The van der Waals surface area contributed by atoms with E-state index >= 15 is 0 Å². The van der Waals surface area contributed by atoms with E-state index in [0.29, 0.717) is 6.54 Å². The maximum absolute atomic E-state index is 10.4. The lowest BCUT2D eigenvalue weighted by molar-refractivity contribution is -0.137. The number of carboxylic acid groups (broad SMARTS) is 1. The van der Waals surface area contributed by atoms with Gasteiger partial charge < -0.3 is 10.0 Å². The molecule has 15 heavy (non-hydrogen) atoms. The monoisotopic (exact) mass is 211 g/mol. The second kappa shape index (κ2) is 6.62. The van der Waals surface area contributed by atoms with Crippen LogP contribution in [-0.2, 0) is 4.79 Å². The molecule has 0 atom stereocenters. The molecule has 1 N–H and O–H groups in total. The smallest absolute Gasteiger partial charge is 0.304 e. The van der Waals surface area contributed by atoms with Gasteiger partial charge in [-0.05, 0) is 39.2 Å². The second-order valence-electron chi connectivity index (χ2n) is 4.31. The molecule has 0 aromatic rings. The van der Waals surface area contributed by atoms with Crippen molar-refractivity contribution in [1.29, 1.82) is 0 Å². The minimum Gasteiger partial charge on any atom is -0.481 e. The van der Waals surface area contributed by atoms with Crippen LogP contribution in [-0.4, -0.2) is 36.1 Å². The fourth-order valence-corrected chi connectivity index (χ4v) is 1.86. The SMILES string of the molecule is CN(CCC(=O)O)CCC1=CCCCC1. The van der Waals surface area contributed by atoms with Gasteiger partial charge in [-0.1, -0.05) is 11.6 Å². The fraction of sp³-hybridized carbons (Fsp3) is 0.750. The molecular formula is C12H21NO2. The van der Waals surface area contributed by atoms with Gasteiger partial charge in [-0.3, -0.25) is 4.79 Å². The van der Waals surface area contributed by atoms with Crippen LogP contribution < -0.4 is 0 Å². The molecule has 0 spiro atoms. The molecule has 0 bridgehead atoms.